The molecule has 0 amide bonds. The van der Waals surface area contributed by atoms with Crippen LogP contribution in [0.15, 0.2) is 24.3 Å². The van der Waals surface area contributed by atoms with Gasteiger partial charge in [0.2, 0.25) is 0 Å². The van der Waals surface area contributed by atoms with Gasteiger partial charge in [0.05, 0.1) is 46.5 Å². The Hall–Kier alpha value is -2.06. The summed E-state index contributed by atoms with van der Waals surface area (Å²) in [5.41, 5.74) is 0.190. The summed E-state index contributed by atoms with van der Waals surface area (Å²) in [6, 6.07) is 7.06. The Morgan fingerprint density at radius 3 is 1.46 bits per heavy atom. The summed E-state index contributed by atoms with van der Waals surface area (Å²) in [5.74, 6) is 4.11. The predicted octanol–water partition coefficient (Wildman–Crippen LogP) is 3.08. The van der Waals surface area contributed by atoms with Crippen molar-refractivity contribution in [3.63, 3.8) is 0 Å². The fourth-order valence-corrected chi connectivity index (χ4v) is 4.31. The van der Waals surface area contributed by atoms with Gasteiger partial charge in [0.25, 0.3) is 0 Å². The van der Waals surface area contributed by atoms with Crippen molar-refractivity contribution in [2.24, 2.45) is 17.8 Å². The normalized spacial score (nSPS) is 11.1. The summed E-state index contributed by atoms with van der Waals surface area (Å²) in [4.78, 5) is 13.7. The molecule has 2 aromatic rings. The maximum absolute atomic E-state index is 13.7. The van der Waals surface area contributed by atoms with Crippen molar-refractivity contribution in [2.75, 3.05) is 41.2 Å². The maximum atomic E-state index is 13.7. The van der Waals surface area contributed by atoms with Crippen LogP contribution in [0.3, 0.4) is 0 Å². The number of carbonyl (C=O) groups excluding carboxylic acids is 1. The van der Waals surface area contributed by atoms with Gasteiger partial charge in [-0.1, -0.05) is 41.5 Å². The third-order valence-corrected chi connectivity index (χ3v) is 6.17. The monoisotopic (exact) mass is 528 g/mol. The van der Waals surface area contributed by atoms with E-state index in [1.54, 1.807) is 19.2 Å². The van der Waals surface area contributed by atoms with Gasteiger partial charge in [0, 0.05) is 24.3 Å². The molecule has 0 bridgehead atoms. The molecule has 0 aliphatic carbocycles. The molecule has 9 heteroatoms. The second kappa shape index (κ2) is 16.0. The molecular formula is C28H42LiO7P. The molecule has 0 spiro atoms. The number of hydrogen-bond acceptors (Lipinski definition) is 7. The van der Waals surface area contributed by atoms with Crippen LogP contribution in [0.25, 0.3) is 0 Å². The minimum absolute atomic E-state index is 0. The Labute approximate surface area is 237 Å². The molecular weight excluding hydrogens is 486 g/mol. The van der Waals surface area contributed by atoms with Crippen LogP contribution in [0.4, 0.5) is 0 Å². The van der Waals surface area contributed by atoms with Gasteiger partial charge < -0.3 is 29.8 Å². The molecule has 0 aromatic heterocycles. The van der Waals surface area contributed by atoms with Crippen molar-refractivity contribution < 1.29 is 53.5 Å². The van der Waals surface area contributed by atoms with Crippen molar-refractivity contribution in [2.45, 2.75) is 41.5 Å². The van der Waals surface area contributed by atoms with E-state index in [0.29, 0.717) is 82.9 Å². The first-order chi connectivity index (χ1) is 17.1. The number of hydrogen-bond donors (Lipinski definition) is 0. The van der Waals surface area contributed by atoms with Crippen molar-refractivity contribution in [3.8, 4) is 34.5 Å². The number of methoxy groups -OCH3 is 3. The summed E-state index contributed by atoms with van der Waals surface area (Å²) >= 11 is 0. The Morgan fingerprint density at radius 1 is 0.676 bits per heavy atom. The molecule has 0 saturated heterocycles. The first kappa shape index (κ1) is 33.0. The SMILES string of the molecule is COc1cc(OC)c(C(=O)Pc2c(OCC(C)C)cc(OCC(C)C)cc2OCC(C)C)c(OC)c1.[H-].[Li+]. The van der Waals surface area contributed by atoms with E-state index in [1.807, 2.05) is 12.1 Å². The topological polar surface area (TPSA) is 72.5 Å². The first-order valence-electron chi connectivity index (χ1n) is 12.3. The van der Waals surface area contributed by atoms with Crippen LogP contribution in [0, 0.1) is 17.8 Å². The smallest absolute Gasteiger partial charge is 1.00 e. The molecule has 37 heavy (non-hydrogen) atoms. The molecule has 0 saturated carbocycles. The summed E-state index contributed by atoms with van der Waals surface area (Å²) in [7, 11) is 4.29. The van der Waals surface area contributed by atoms with Crippen LogP contribution in [0.5, 0.6) is 34.5 Å². The minimum atomic E-state index is -0.295. The zero-order chi connectivity index (χ0) is 26.8. The summed E-state index contributed by atoms with van der Waals surface area (Å²) in [6.45, 7) is 14.1. The largest absolute Gasteiger partial charge is 1.00 e. The van der Waals surface area contributed by atoms with Crippen LogP contribution in [0.2, 0.25) is 0 Å². The van der Waals surface area contributed by atoms with Gasteiger partial charge in [-0.05, 0) is 26.3 Å². The third-order valence-electron chi connectivity index (χ3n) is 4.95. The van der Waals surface area contributed by atoms with Crippen molar-refractivity contribution in [3.05, 3.63) is 29.8 Å². The first-order valence-corrected chi connectivity index (χ1v) is 13.3. The molecule has 1 unspecified atom stereocenters. The molecule has 0 heterocycles. The van der Waals surface area contributed by atoms with Crippen LogP contribution in [-0.2, 0) is 0 Å². The van der Waals surface area contributed by atoms with Gasteiger partial charge in [-0.15, -0.1) is 0 Å². The van der Waals surface area contributed by atoms with Gasteiger partial charge in [0.15, 0.2) is 5.52 Å². The van der Waals surface area contributed by atoms with E-state index in [1.165, 1.54) is 14.2 Å². The van der Waals surface area contributed by atoms with Gasteiger partial charge >= 0.3 is 18.9 Å². The summed E-state index contributed by atoms with van der Waals surface area (Å²) in [6.07, 6.45) is 0. The molecule has 7 nitrogen and oxygen atoms in total. The molecule has 202 valence electrons. The standard InChI is InChI=1S/C28H41O7P.Li.H/c1-17(2)14-33-21-12-24(34-15-18(3)4)27(25(13-21)35-16-19(5)6)36-28(29)26-22(31-8)10-20(30-7)11-23(26)32-9;;/h10-13,17-19,36H,14-16H2,1-9H3;;/q;+1;-1. The van der Waals surface area contributed by atoms with Crippen LogP contribution >= 0.6 is 8.58 Å². The van der Waals surface area contributed by atoms with Gasteiger partial charge in [-0.3, -0.25) is 4.79 Å². The molecule has 1 atom stereocenters. The van der Waals surface area contributed by atoms with Gasteiger partial charge in [-0.2, -0.15) is 0 Å². The van der Waals surface area contributed by atoms with E-state index in [9.17, 15) is 4.79 Å². The molecule has 0 fully saturated rings. The molecule has 2 aromatic carbocycles. The minimum Gasteiger partial charge on any atom is -1.00 e. The Bertz CT molecular complexity index is 957. The van der Waals surface area contributed by atoms with Crippen molar-refractivity contribution >= 4 is 19.4 Å². The number of carbonyl (C=O) groups is 1. The van der Waals surface area contributed by atoms with E-state index < -0.39 is 0 Å². The fraction of sp³-hybridized carbons (Fsp3) is 0.536. The van der Waals surface area contributed by atoms with E-state index in [4.69, 9.17) is 28.4 Å². The second-order valence-electron chi connectivity index (χ2n) is 9.77. The predicted molar refractivity (Wildman–Crippen MR) is 147 cm³/mol. The van der Waals surface area contributed by atoms with Crippen molar-refractivity contribution in [1.82, 2.24) is 0 Å². The van der Waals surface area contributed by atoms with E-state index >= 15 is 0 Å². The average Bonchev–Trinajstić information content (AvgIpc) is 2.84. The van der Waals surface area contributed by atoms with Crippen LogP contribution in [-0.4, -0.2) is 46.7 Å². The summed E-state index contributed by atoms with van der Waals surface area (Å²) in [5, 5.41) is 0.693. The Balaban J connectivity index is 0.00000684. The molecule has 2 rings (SSSR count). The van der Waals surface area contributed by atoms with Crippen LogP contribution in [0.1, 0.15) is 53.3 Å². The summed E-state index contributed by atoms with van der Waals surface area (Å²) < 4.78 is 34.8. The third kappa shape index (κ3) is 9.97. The van der Waals surface area contributed by atoms with E-state index in [0.717, 1.165) is 0 Å². The number of benzene rings is 2. The van der Waals surface area contributed by atoms with Crippen molar-refractivity contribution in [1.29, 1.82) is 0 Å². The Morgan fingerprint density at radius 2 is 1.08 bits per heavy atom. The van der Waals surface area contributed by atoms with E-state index in [-0.39, 0.29) is 34.4 Å². The number of rotatable bonds is 15. The average molecular weight is 529 g/mol. The number of ether oxygens (including phenoxy) is 6. The molecule has 0 N–H and O–H groups in total. The fourth-order valence-electron chi connectivity index (χ4n) is 3.18. The zero-order valence-corrected chi connectivity index (χ0v) is 25.0. The second-order valence-corrected chi connectivity index (χ2v) is 11.0. The van der Waals surface area contributed by atoms with E-state index in [2.05, 4.69) is 41.5 Å². The molecule has 0 aliphatic rings. The van der Waals surface area contributed by atoms with Crippen LogP contribution < -0.4 is 52.6 Å². The molecule has 0 radical (unpaired) electrons. The Kier molecular flexibility index (Phi) is 14.3. The quantitative estimate of drug-likeness (QED) is 0.260. The van der Waals surface area contributed by atoms with Gasteiger partial charge in [0.1, 0.15) is 40.1 Å². The maximum Gasteiger partial charge on any atom is 1.00 e. The zero-order valence-electron chi connectivity index (χ0n) is 25.0. The van der Waals surface area contributed by atoms with Gasteiger partial charge in [-0.25, -0.2) is 0 Å². The molecule has 0 aliphatic heterocycles.